The van der Waals surface area contributed by atoms with Crippen molar-refractivity contribution < 1.29 is 27.9 Å². The van der Waals surface area contributed by atoms with Crippen LogP contribution < -0.4 is 5.32 Å². The lowest BCUT2D eigenvalue weighted by atomic mass is 9.80. The predicted molar refractivity (Wildman–Crippen MR) is 75.1 cm³/mol. The van der Waals surface area contributed by atoms with Gasteiger partial charge in [-0.05, 0) is 37.5 Å². The van der Waals surface area contributed by atoms with E-state index >= 15 is 0 Å². The van der Waals surface area contributed by atoms with Crippen LogP contribution in [0.15, 0.2) is 0 Å². The lowest BCUT2D eigenvalue weighted by Crippen LogP contribution is -2.45. The molecule has 0 aliphatic heterocycles. The summed E-state index contributed by atoms with van der Waals surface area (Å²) in [5, 5.41) is 11.6. The second-order valence-corrected chi connectivity index (χ2v) is 6.23. The molecule has 0 aromatic carbocycles. The van der Waals surface area contributed by atoms with Crippen LogP contribution in [-0.4, -0.2) is 29.2 Å². The molecule has 0 bridgehead atoms. The topological polar surface area (TPSA) is 66.4 Å². The second-order valence-electron chi connectivity index (χ2n) is 6.23. The lowest BCUT2D eigenvalue weighted by Gasteiger charge is -2.30. The van der Waals surface area contributed by atoms with Crippen molar-refractivity contribution in [1.82, 2.24) is 5.32 Å². The zero-order chi connectivity index (χ0) is 16.9. The molecule has 1 saturated carbocycles. The molecule has 1 amide bonds. The smallest absolute Gasteiger partial charge is 0.391 e. The summed E-state index contributed by atoms with van der Waals surface area (Å²) in [6, 6.07) is -0.941. The van der Waals surface area contributed by atoms with Gasteiger partial charge in [-0.3, -0.25) is 4.79 Å². The maximum absolute atomic E-state index is 12.6. The van der Waals surface area contributed by atoms with E-state index < -0.39 is 24.1 Å². The first kappa shape index (κ1) is 18.8. The van der Waals surface area contributed by atoms with Gasteiger partial charge in [0.25, 0.3) is 0 Å². The van der Waals surface area contributed by atoms with Gasteiger partial charge >= 0.3 is 12.1 Å². The zero-order valence-corrected chi connectivity index (χ0v) is 12.9. The van der Waals surface area contributed by atoms with E-state index in [9.17, 15) is 22.8 Å². The number of alkyl halides is 3. The van der Waals surface area contributed by atoms with Crippen molar-refractivity contribution in [3.05, 3.63) is 0 Å². The Hall–Kier alpha value is -1.27. The fraction of sp³-hybridized carbons (Fsp3) is 0.867. The van der Waals surface area contributed by atoms with Crippen LogP contribution in [0.3, 0.4) is 0 Å². The molecule has 4 nitrogen and oxygen atoms in total. The molecule has 22 heavy (non-hydrogen) atoms. The van der Waals surface area contributed by atoms with Gasteiger partial charge in [-0.2, -0.15) is 13.2 Å². The van der Waals surface area contributed by atoms with Crippen LogP contribution in [-0.2, 0) is 9.59 Å². The Morgan fingerprint density at radius 1 is 1.23 bits per heavy atom. The van der Waals surface area contributed by atoms with E-state index in [1.54, 1.807) is 6.92 Å². The maximum atomic E-state index is 12.6. The van der Waals surface area contributed by atoms with Crippen molar-refractivity contribution in [2.75, 3.05) is 0 Å². The molecule has 1 rings (SSSR count). The normalized spacial score (nSPS) is 25.3. The Labute approximate surface area is 128 Å². The van der Waals surface area contributed by atoms with Crippen molar-refractivity contribution in [2.45, 2.75) is 64.6 Å². The van der Waals surface area contributed by atoms with Gasteiger partial charge in [-0.25, -0.2) is 4.79 Å². The van der Waals surface area contributed by atoms with Gasteiger partial charge in [0.1, 0.15) is 6.04 Å². The third-order valence-corrected chi connectivity index (χ3v) is 4.58. The Balaban J connectivity index is 2.45. The lowest BCUT2D eigenvalue weighted by molar-refractivity contribution is -0.184. The van der Waals surface area contributed by atoms with Crippen LogP contribution in [0.25, 0.3) is 0 Å². The number of carboxylic acid groups (broad SMARTS) is 1. The summed E-state index contributed by atoms with van der Waals surface area (Å²) in [6.07, 6.45) is -2.61. The highest BCUT2D eigenvalue weighted by molar-refractivity contribution is 5.83. The van der Waals surface area contributed by atoms with Gasteiger partial charge in [-0.1, -0.05) is 20.3 Å². The first-order chi connectivity index (χ1) is 10.1. The predicted octanol–water partition coefficient (Wildman–Crippen LogP) is 3.36. The van der Waals surface area contributed by atoms with Crippen LogP contribution in [0.1, 0.15) is 52.4 Å². The highest BCUT2D eigenvalue weighted by atomic mass is 19.4. The number of carbonyl (C=O) groups is 2. The molecule has 1 aliphatic carbocycles. The van der Waals surface area contributed by atoms with Crippen molar-refractivity contribution in [3.8, 4) is 0 Å². The number of aliphatic carboxylic acids is 1. The number of hydrogen-bond acceptors (Lipinski definition) is 2. The number of nitrogens with one attached hydrogen (secondary N) is 1. The van der Waals surface area contributed by atoms with Crippen molar-refractivity contribution in [1.29, 1.82) is 0 Å². The Kier molecular flexibility index (Phi) is 6.68. The summed E-state index contributed by atoms with van der Waals surface area (Å²) in [5.74, 6) is -3.02. The monoisotopic (exact) mass is 323 g/mol. The molecule has 2 atom stereocenters. The van der Waals surface area contributed by atoms with Crippen molar-refractivity contribution >= 4 is 11.9 Å². The zero-order valence-electron chi connectivity index (χ0n) is 12.9. The minimum atomic E-state index is -4.15. The van der Waals surface area contributed by atoms with E-state index in [0.717, 1.165) is 0 Å². The molecule has 0 spiro atoms. The molecule has 0 saturated heterocycles. The molecule has 0 aromatic heterocycles. The van der Waals surface area contributed by atoms with Gasteiger partial charge in [0.05, 0.1) is 5.92 Å². The third-order valence-electron chi connectivity index (χ3n) is 4.58. The van der Waals surface area contributed by atoms with E-state index in [1.165, 1.54) is 0 Å². The number of halogens is 3. The second kappa shape index (κ2) is 7.83. The molecule has 0 aromatic rings. The van der Waals surface area contributed by atoms with E-state index in [2.05, 4.69) is 5.32 Å². The van der Waals surface area contributed by atoms with Gasteiger partial charge in [-0.15, -0.1) is 0 Å². The summed E-state index contributed by atoms with van der Waals surface area (Å²) in [4.78, 5) is 23.1. The van der Waals surface area contributed by atoms with Crippen LogP contribution in [0.2, 0.25) is 0 Å². The molecule has 2 N–H and O–H groups in total. The molecular weight excluding hydrogens is 299 g/mol. The first-order valence-corrected chi connectivity index (χ1v) is 7.74. The molecule has 1 fully saturated rings. The van der Waals surface area contributed by atoms with Crippen LogP contribution in [0.4, 0.5) is 13.2 Å². The highest BCUT2D eigenvalue weighted by Gasteiger charge is 2.41. The van der Waals surface area contributed by atoms with E-state index in [-0.39, 0.29) is 37.0 Å². The van der Waals surface area contributed by atoms with Gasteiger partial charge in [0.2, 0.25) is 5.91 Å². The number of carboxylic acids is 1. The Bertz CT molecular complexity index is 390. The average molecular weight is 323 g/mol. The SMILES string of the molecule is CC[C@H](C)[C@H](NC(=O)CC1CCC(C(F)(F)F)CC1)C(=O)O. The molecule has 0 radical (unpaired) electrons. The molecule has 0 heterocycles. The standard InChI is InChI=1S/C15H24F3NO3/c1-3-9(2)13(14(21)22)19-12(20)8-10-4-6-11(7-5-10)15(16,17)18/h9-11,13H,3-8H2,1-2H3,(H,19,20)(H,21,22)/t9-,10?,11?,13-/m0/s1. The fourth-order valence-electron chi connectivity index (χ4n) is 2.87. The number of amides is 1. The Morgan fingerprint density at radius 2 is 1.77 bits per heavy atom. The molecule has 128 valence electrons. The Morgan fingerprint density at radius 3 is 2.18 bits per heavy atom. The van der Waals surface area contributed by atoms with E-state index in [0.29, 0.717) is 19.3 Å². The molecule has 0 unspecified atom stereocenters. The minimum Gasteiger partial charge on any atom is -0.480 e. The highest BCUT2D eigenvalue weighted by Crippen LogP contribution is 2.40. The summed E-state index contributed by atoms with van der Waals surface area (Å²) < 4.78 is 37.7. The number of rotatable bonds is 6. The molecular formula is C15H24F3NO3. The molecule has 7 heteroatoms. The summed E-state index contributed by atoms with van der Waals surface area (Å²) in [7, 11) is 0. The number of carbonyl (C=O) groups excluding carboxylic acids is 1. The van der Waals surface area contributed by atoms with Crippen LogP contribution in [0.5, 0.6) is 0 Å². The summed E-state index contributed by atoms with van der Waals surface area (Å²) in [6.45, 7) is 3.58. The van der Waals surface area contributed by atoms with E-state index in [1.807, 2.05) is 6.92 Å². The fourth-order valence-corrected chi connectivity index (χ4v) is 2.87. The first-order valence-electron chi connectivity index (χ1n) is 7.74. The summed E-state index contributed by atoms with van der Waals surface area (Å²) >= 11 is 0. The van der Waals surface area contributed by atoms with Crippen molar-refractivity contribution in [2.24, 2.45) is 17.8 Å². The van der Waals surface area contributed by atoms with Crippen molar-refractivity contribution in [3.63, 3.8) is 0 Å². The van der Waals surface area contributed by atoms with Crippen LogP contribution >= 0.6 is 0 Å². The summed E-state index contributed by atoms with van der Waals surface area (Å²) in [5.41, 5.74) is 0. The van der Waals surface area contributed by atoms with E-state index in [4.69, 9.17) is 5.11 Å². The average Bonchev–Trinajstić information content (AvgIpc) is 2.43. The van der Waals surface area contributed by atoms with Gasteiger partial charge in [0.15, 0.2) is 0 Å². The third kappa shape index (κ3) is 5.50. The van der Waals surface area contributed by atoms with Crippen LogP contribution in [0, 0.1) is 17.8 Å². The largest absolute Gasteiger partial charge is 0.480 e. The molecule has 1 aliphatic rings. The van der Waals surface area contributed by atoms with Gasteiger partial charge < -0.3 is 10.4 Å². The maximum Gasteiger partial charge on any atom is 0.391 e. The minimum absolute atomic E-state index is 0.0508. The van der Waals surface area contributed by atoms with Gasteiger partial charge in [0, 0.05) is 6.42 Å². The quantitative estimate of drug-likeness (QED) is 0.787. The number of hydrogen-bond donors (Lipinski definition) is 2.